The van der Waals surface area contributed by atoms with E-state index in [4.69, 9.17) is 4.74 Å². The summed E-state index contributed by atoms with van der Waals surface area (Å²) in [4.78, 5) is 25.6. The predicted molar refractivity (Wildman–Crippen MR) is 126 cm³/mol. The molecule has 9 heteroatoms. The van der Waals surface area contributed by atoms with Crippen molar-refractivity contribution < 1.29 is 23.1 Å². The molecule has 2 aliphatic heterocycles. The molecule has 0 spiro atoms. The van der Waals surface area contributed by atoms with Crippen LogP contribution in [0, 0.1) is 5.92 Å². The first-order valence-electron chi connectivity index (χ1n) is 11.9. The quantitative estimate of drug-likeness (QED) is 0.547. The van der Waals surface area contributed by atoms with E-state index >= 15 is 0 Å². The van der Waals surface area contributed by atoms with Gasteiger partial charge in [-0.15, -0.1) is 0 Å². The van der Waals surface area contributed by atoms with E-state index in [1.54, 1.807) is 23.6 Å². The molecular formula is C26H28F2N4O3. The molecule has 3 heterocycles. The third-order valence-electron chi connectivity index (χ3n) is 7.02. The van der Waals surface area contributed by atoms with Gasteiger partial charge in [-0.05, 0) is 49.2 Å². The highest BCUT2D eigenvalue weighted by atomic mass is 19.3. The third kappa shape index (κ3) is 4.77. The molecule has 2 aliphatic rings. The Bertz CT molecular complexity index is 1270. The molecule has 7 nitrogen and oxygen atoms in total. The molecule has 2 saturated heterocycles. The maximum Gasteiger partial charge on any atom is 0.263 e. The number of nitrogens with zero attached hydrogens (tertiary/aromatic N) is 3. The van der Waals surface area contributed by atoms with E-state index in [0.717, 1.165) is 16.5 Å². The molecule has 35 heavy (non-hydrogen) atoms. The van der Waals surface area contributed by atoms with E-state index in [1.807, 2.05) is 42.5 Å². The molecule has 1 aromatic heterocycles. The maximum atomic E-state index is 14.0. The van der Waals surface area contributed by atoms with Gasteiger partial charge in [-0.2, -0.15) is 5.10 Å². The molecular weight excluding hydrogens is 454 g/mol. The van der Waals surface area contributed by atoms with Crippen molar-refractivity contribution in [1.29, 1.82) is 0 Å². The zero-order valence-corrected chi connectivity index (χ0v) is 19.8. The number of fused-ring (bicyclic) bond motifs is 1. The number of hydrogen-bond donors (Lipinski definition) is 1. The number of aryl methyl sites for hydroxylation is 1. The fourth-order valence-electron chi connectivity index (χ4n) is 4.85. The largest absolute Gasteiger partial charge is 0.457 e. The summed E-state index contributed by atoms with van der Waals surface area (Å²) < 4.78 is 35.8. The Hall–Kier alpha value is -3.33. The number of aromatic nitrogens is 2. The van der Waals surface area contributed by atoms with Gasteiger partial charge in [-0.1, -0.05) is 19.1 Å². The van der Waals surface area contributed by atoms with Crippen LogP contribution in [0.1, 0.15) is 43.4 Å². The van der Waals surface area contributed by atoms with Gasteiger partial charge < -0.3 is 4.74 Å². The second-order valence-electron chi connectivity index (χ2n) is 9.60. The standard InChI is InChI=1S/C26H28F2N4O3/c1-16-11-12-32(15-26(16,27)28)14-17-3-5-18(6-4-17)35-19-7-8-20-22(13-19)31(2)30-24(20)21-9-10-23(33)29-25(21)34/h3-8,13,16,21H,9-12,14-15H2,1-2H3,(H,29,33,34). The van der Waals surface area contributed by atoms with Gasteiger partial charge in [0.15, 0.2) is 0 Å². The van der Waals surface area contributed by atoms with Crippen molar-refractivity contribution in [3.63, 3.8) is 0 Å². The Labute approximate surface area is 202 Å². The lowest BCUT2D eigenvalue weighted by molar-refractivity contribution is -0.134. The number of alkyl halides is 2. The van der Waals surface area contributed by atoms with Gasteiger partial charge in [0.1, 0.15) is 11.5 Å². The van der Waals surface area contributed by atoms with E-state index in [1.165, 1.54) is 0 Å². The lowest BCUT2D eigenvalue weighted by atomic mass is 9.93. The van der Waals surface area contributed by atoms with Crippen LogP contribution in [0.3, 0.4) is 0 Å². The zero-order chi connectivity index (χ0) is 24.7. The second kappa shape index (κ2) is 9.03. The molecule has 2 atom stereocenters. The average molecular weight is 483 g/mol. The van der Waals surface area contributed by atoms with Crippen LogP contribution in [0.25, 0.3) is 10.9 Å². The lowest BCUT2D eigenvalue weighted by Gasteiger charge is -2.36. The van der Waals surface area contributed by atoms with Crippen LogP contribution in [-0.4, -0.2) is 45.5 Å². The number of nitrogens with one attached hydrogen (secondary N) is 1. The minimum absolute atomic E-state index is 0.210. The number of likely N-dealkylation sites (tertiary alicyclic amines) is 1. The third-order valence-corrected chi connectivity index (χ3v) is 7.02. The van der Waals surface area contributed by atoms with Crippen LogP contribution < -0.4 is 10.1 Å². The van der Waals surface area contributed by atoms with Crippen LogP contribution in [0.15, 0.2) is 42.5 Å². The summed E-state index contributed by atoms with van der Waals surface area (Å²) in [5, 5.41) is 7.78. The fraction of sp³-hybridized carbons (Fsp3) is 0.423. The SMILES string of the molecule is CC1CCN(Cc2ccc(Oc3ccc4c(C5CCC(=O)NC5=O)nn(C)c4c3)cc2)CC1(F)F. The van der Waals surface area contributed by atoms with Crippen molar-refractivity contribution in [2.24, 2.45) is 13.0 Å². The van der Waals surface area contributed by atoms with Crippen molar-refractivity contribution >= 4 is 22.7 Å². The first kappa shape index (κ1) is 23.4. The normalized spacial score (nSPS) is 22.9. The molecule has 0 radical (unpaired) electrons. The van der Waals surface area contributed by atoms with E-state index in [0.29, 0.717) is 49.5 Å². The summed E-state index contributed by atoms with van der Waals surface area (Å²) in [7, 11) is 1.81. The van der Waals surface area contributed by atoms with Crippen molar-refractivity contribution in [3.8, 4) is 11.5 Å². The topological polar surface area (TPSA) is 76.5 Å². The van der Waals surface area contributed by atoms with E-state index < -0.39 is 17.8 Å². The number of carbonyl (C=O) groups excluding carboxylic acids is 2. The number of carbonyl (C=O) groups is 2. The first-order chi connectivity index (χ1) is 16.7. The number of hydrogen-bond acceptors (Lipinski definition) is 5. The van der Waals surface area contributed by atoms with Crippen LogP contribution in [0.5, 0.6) is 11.5 Å². The number of rotatable bonds is 5. The highest BCUT2D eigenvalue weighted by Crippen LogP contribution is 2.34. The number of ether oxygens (including phenoxy) is 1. The minimum Gasteiger partial charge on any atom is -0.457 e. The van der Waals surface area contributed by atoms with Gasteiger partial charge in [0.25, 0.3) is 5.92 Å². The van der Waals surface area contributed by atoms with Crippen molar-refractivity contribution in [2.75, 3.05) is 13.1 Å². The van der Waals surface area contributed by atoms with Gasteiger partial charge in [-0.3, -0.25) is 24.5 Å². The molecule has 1 N–H and O–H groups in total. The molecule has 5 rings (SSSR count). The molecule has 2 aromatic carbocycles. The Morgan fingerprint density at radius 3 is 2.57 bits per heavy atom. The number of amides is 2. The fourth-order valence-corrected chi connectivity index (χ4v) is 4.85. The molecule has 3 aromatic rings. The van der Waals surface area contributed by atoms with Crippen molar-refractivity contribution in [2.45, 2.75) is 44.6 Å². The summed E-state index contributed by atoms with van der Waals surface area (Å²) in [6.45, 7) is 2.55. The number of imide groups is 1. The smallest absolute Gasteiger partial charge is 0.263 e. The summed E-state index contributed by atoms with van der Waals surface area (Å²) in [6.07, 6.45) is 1.23. The molecule has 0 saturated carbocycles. The Morgan fingerprint density at radius 1 is 1.11 bits per heavy atom. The summed E-state index contributed by atoms with van der Waals surface area (Å²) in [5.41, 5.74) is 2.43. The highest BCUT2D eigenvalue weighted by Gasteiger charge is 2.41. The number of benzene rings is 2. The lowest BCUT2D eigenvalue weighted by Crippen LogP contribution is -2.47. The first-order valence-corrected chi connectivity index (χ1v) is 11.9. The number of halogens is 2. The van der Waals surface area contributed by atoms with E-state index in [-0.39, 0.29) is 18.4 Å². The Balaban J connectivity index is 1.28. The van der Waals surface area contributed by atoms with Crippen molar-refractivity contribution in [1.82, 2.24) is 20.0 Å². The number of piperidine rings is 2. The summed E-state index contributed by atoms with van der Waals surface area (Å²) in [5.74, 6) is -3.00. The Kier molecular flexibility index (Phi) is 6.04. The van der Waals surface area contributed by atoms with Crippen molar-refractivity contribution in [3.05, 3.63) is 53.7 Å². The molecule has 2 fully saturated rings. The summed E-state index contributed by atoms with van der Waals surface area (Å²) in [6, 6.07) is 13.0. The highest BCUT2D eigenvalue weighted by molar-refractivity contribution is 6.02. The molecule has 2 unspecified atom stereocenters. The molecule has 184 valence electrons. The van der Waals surface area contributed by atoms with Gasteiger partial charge >= 0.3 is 0 Å². The zero-order valence-electron chi connectivity index (χ0n) is 19.8. The molecule has 0 bridgehead atoms. The van der Waals surface area contributed by atoms with Crippen LogP contribution >= 0.6 is 0 Å². The van der Waals surface area contributed by atoms with Gasteiger partial charge in [-0.25, -0.2) is 8.78 Å². The Morgan fingerprint density at radius 2 is 1.86 bits per heavy atom. The van der Waals surface area contributed by atoms with Gasteiger partial charge in [0, 0.05) is 37.4 Å². The monoisotopic (exact) mass is 482 g/mol. The van der Waals surface area contributed by atoms with Crippen LogP contribution in [0.4, 0.5) is 8.78 Å². The molecule has 2 amide bonds. The predicted octanol–water partition coefficient (Wildman–Crippen LogP) is 4.36. The van der Waals surface area contributed by atoms with Crippen LogP contribution in [-0.2, 0) is 23.2 Å². The summed E-state index contributed by atoms with van der Waals surface area (Å²) >= 11 is 0. The minimum atomic E-state index is -2.65. The van der Waals surface area contributed by atoms with Crippen LogP contribution in [0.2, 0.25) is 0 Å². The molecule has 0 aliphatic carbocycles. The second-order valence-corrected chi connectivity index (χ2v) is 9.60. The maximum absolute atomic E-state index is 14.0. The average Bonchev–Trinajstić information content (AvgIpc) is 3.13. The van der Waals surface area contributed by atoms with Gasteiger partial charge in [0.2, 0.25) is 11.8 Å². The van der Waals surface area contributed by atoms with E-state index in [9.17, 15) is 18.4 Å². The van der Waals surface area contributed by atoms with E-state index in [2.05, 4.69) is 10.4 Å². The van der Waals surface area contributed by atoms with Gasteiger partial charge in [0.05, 0.1) is 23.7 Å².